The molecule has 1 aliphatic heterocycles. The van der Waals surface area contributed by atoms with Crippen molar-refractivity contribution in [2.45, 2.75) is 12.1 Å². The second-order valence-corrected chi connectivity index (χ2v) is 8.11. The highest BCUT2D eigenvalue weighted by Gasteiger charge is 2.46. The van der Waals surface area contributed by atoms with E-state index in [-0.39, 0.29) is 6.42 Å². The van der Waals surface area contributed by atoms with Crippen LogP contribution in [0.5, 0.6) is 0 Å². The second-order valence-electron chi connectivity index (χ2n) is 8.11. The fraction of sp³-hybridized carbons (Fsp3) is 0.0714. The van der Waals surface area contributed by atoms with Crippen LogP contribution in [0.4, 0.5) is 8.78 Å². The molecular weight excluding hydrogens is 434 g/mol. The molecule has 4 nitrogen and oxygen atoms in total. The van der Waals surface area contributed by atoms with E-state index in [0.29, 0.717) is 22.4 Å². The van der Waals surface area contributed by atoms with E-state index in [4.69, 9.17) is 0 Å². The van der Waals surface area contributed by atoms with E-state index in [9.17, 15) is 18.7 Å². The third-order valence-corrected chi connectivity index (χ3v) is 5.90. The number of hydrazone groups is 1. The quantitative estimate of drug-likeness (QED) is 0.428. The normalized spacial score (nSPS) is 17.5. The molecule has 0 spiro atoms. The molecule has 168 valence electrons. The lowest BCUT2D eigenvalue weighted by Crippen LogP contribution is -2.43. The van der Waals surface area contributed by atoms with Crippen LogP contribution >= 0.6 is 0 Å². The largest absolute Gasteiger partial charge is 0.365 e. The molecule has 6 heteroatoms. The number of amides is 1. The van der Waals surface area contributed by atoms with Crippen molar-refractivity contribution in [3.63, 3.8) is 0 Å². The van der Waals surface area contributed by atoms with Crippen molar-refractivity contribution in [2.75, 3.05) is 0 Å². The highest BCUT2D eigenvalue weighted by molar-refractivity contribution is 6.05. The molecule has 0 saturated carbocycles. The van der Waals surface area contributed by atoms with Gasteiger partial charge in [0, 0.05) is 17.5 Å². The number of hydrogen-bond donors (Lipinski definition) is 1. The van der Waals surface area contributed by atoms with Crippen molar-refractivity contribution in [3.8, 4) is 11.1 Å². The summed E-state index contributed by atoms with van der Waals surface area (Å²) >= 11 is 0. The van der Waals surface area contributed by atoms with Crippen LogP contribution < -0.4 is 0 Å². The van der Waals surface area contributed by atoms with Crippen LogP contribution in [0, 0.1) is 11.6 Å². The minimum Gasteiger partial charge on any atom is -0.365 e. The van der Waals surface area contributed by atoms with Gasteiger partial charge in [-0.3, -0.25) is 4.79 Å². The third-order valence-electron chi connectivity index (χ3n) is 5.90. The molecule has 0 aromatic heterocycles. The van der Waals surface area contributed by atoms with E-state index in [0.717, 1.165) is 16.1 Å². The number of halogens is 2. The molecule has 1 heterocycles. The zero-order valence-electron chi connectivity index (χ0n) is 18.0. The molecule has 1 N–H and O–H groups in total. The summed E-state index contributed by atoms with van der Waals surface area (Å²) in [6, 6.07) is 27.8. The average molecular weight is 454 g/mol. The Hall–Kier alpha value is -4.16. The molecule has 1 atom stereocenters. The molecule has 0 fully saturated rings. The Kier molecular flexibility index (Phi) is 5.51. The standard InChI is InChI=1S/C28H20F2N2O2/c29-24-14-10-21(11-15-24)26-18-28(34,23-12-16-25(30)17-13-23)32(31-26)27(33)22-8-6-20(7-9-22)19-4-2-1-3-5-19/h1-17,34H,18H2. The maximum atomic E-state index is 13.5. The van der Waals surface area contributed by atoms with Gasteiger partial charge in [0.2, 0.25) is 0 Å². The summed E-state index contributed by atoms with van der Waals surface area (Å²) in [4.78, 5) is 13.5. The van der Waals surface area contributed by atoms with Gasteiger partial charge in [0.1, 0.15) is 11.6 Å². The molecule has 34 heavy (non-hydrogen) atoms. The molecule has 0 bridgehead atoms. The predicted octanol–water partition coefficient (Wildman–Crippen LogP) is 5.73. The fourth-order valence-electron chi connectivity index (χ4n) is 4.06. The van der Waals surface area contributed by atoms with Gasteiger partial charge in [-0.2, -0.15) is 10.1 Å². The average Bonchev–Trinajstić information content (AvgIpc) is 3.23. The number of rotatable bonds is 4. The summed E-state index contributed by atoms with van der Waals surface area (Å²) in [5.74, 6) is -1.37. The first-order valence-corrected chi connectivity index (χ1v) is 10.8. The molecular formula is C28H20F2N2O2. The Balaban J connectivity index is 1.52. The summed E-state index contributed by atoms with van der Waals surface area (Å²) in [5.41, 5.74) is 1.79. The summed E-state index contributed by atoms with van der Waals surface area (Å²) in [6.07, 6.45) is -0.0297. The fourth-order valence-corrected chi connectivity index (χ4v) is 4.06. The summed E-state index contributed by atoms with van der Waals surface area (Å²) in [6.45, 7) is 0. The smallest absolute Gasteiger partial charge is 0.276 e. The molecule has 1 amide bonds. The Morgan fingerprint density at radius 2 is 1.26 bits per heavy atom. The third kappa shape index (κ3) is 4.00. The molecule has 0 radical (unpaired) electrons. The van der Waals surface area contributed by atoms with Crippen LogP contribution in [0.15, 0.2) is 108 Å². The van der Waals surface area contributed by atoms with E-state index < -0.39 is 23.3 Å². The number of benzene rings is 4. The Morgan fingerprint density at radius 1 is 0.735 bits per heavy atom. The lowest BCUT2D eigenvalue weighted by molar-refractivity contribution is -0.0765. The van der Waals surface area contributed by atoms with Gasteiger partial charge in [0.05, 0.1) is 5.71 Å². The van der Waals surface area contributed by atoms with Gasteiger partial charge in [-0.1, -0.05) is 66.7 Å². The monoisotopic (exact) mass is 454 g/mol. The molecule has 0 saturated heterocycles. The van der Waals surface area contributed by atoms with Gasteiger partial charge in [0.15, 0.2) is 5.72 Å². The van der Waals surface area contributed by atoms with Crippen molar-refractivity contribution in [1.29, 1.82) is 0 Å². The lowest BCUT2D eigenvalue weighted by Gasteiger charge is -2.31. The van der Waals surface area contributed by atoms with E-state index in [1.165, 1.54) is 36.4 Å². The van der Waals surface area contributed by atoms with Crippen LogP contribution in [0.1, 0.15) is 27.9 Å². The first kappa shape index (κ1) is 21.7. The number of aliphatic hydroxyl groups is 1. The zero-order valence-corrected chi connectivity index (χ0v) is 18.0. The van der Waals surface area contributed by atoms with Crippen molar-refractivity contribution in [2.24, 2.45) is 5.10 Å². The van der Waals surface area contributed by atoms with Gasteiger partial charge in [-0.15, -0.1) is 0 Å². The van der Waals surface area contributed by atoms with E-state index >= 15 is 0 Å². The van der Waals surface area contributed by atoms with Crippen molar-refractivity contribution in [1.82, 2.24) is 5.01 Å². The molecule has 4 aromatic carbocycles. The van der Waals surface area contributed by atoms with E-state index in [1.807, 2.05) is 42.5 Å². The summed E-state index contributed by atoms with van der Waals surface area (Å²) in [7, 11) is 0. The van der Waals surface area contributed by atoms with Crippen LogP contribution in [0.3, 0.4) is 0 Å². The highest BCUT2D eigenvalue weighted by atomic mass is 19.1. The maximum Gasteiger partial charge on any atom is 0.276 e. The van der Waals surface area contributed by atoms with Crippen LogP contribution in [-0.4, -0.2) is 21.7 Å². The predicted molar refractivity (Wildman–Crippen MR) is 126 cm³/mol. The van der Waals surface area contributed by atoms with Gasteiger partial charge in [0.25, 0.3) is 5.91 Å². The Morgan fingerprint density at radius 3 is 1.88 bits per heavy atom. The molecule has 1 aliphatic rings. The molecule has 5 rings (SSSR count). The van der Waals surface area contributed by atoms with Gasteiger partial charge in [-0.25, -0.2) is 8.78 Å². The number of carbonyl (C=O) groups excluding carboxylic acids is 1. The topological polar surface area (TPSA) is 52.9 Å². The summed E-state index contributed by atoms with van der Waals surface area (Å²) in [5, 5.41) is 17.1. The SMILES string of the molecule is O=C(c1ccc(-c2ccccc2)cc1)N1N=C(c2ccc(F)cc2)CC1(O)c1ccc(F)cc1. The first-order chi connectivity index (χ1) is 16.4. The van der Waals surface area contributed by atoms with E-state index in [1.54, 1.807) is 24.3 Å². The Bertz CT molecular complexity index is 1350. The van der Waals surface area contributed by atoms with Crippen LogP contribution in [-0.2, 0) is 5.72 Å². The molecule has 1 unspecified atom stereocenters. The van der Waals surface area contributed by atoms with Crippen LogP contribution in [0.25, 0.3) is 11.1 Å². The van der Waals surface area contributed by atoms with Gasteiger partial charge in [-0.05, 0) is 53.1 Å². The second kappa shape index (κ2) is 8.65. The first-order valence-electron chi connectivity index (χ1n) is 10.8. The Labute approximate surface area is 195 Å². The van der Waals surface area contributed by atoms with Crippen molar-refractivity contribution in [3.05, 3.63) is 131 Å². The number of nitrogens with zero attached hydrogens (tertiary/aromatic N) is 2. The van der Waals surface area contributed by atoms with Gasteiger partial charge < -0.3 is 5.11 Å². The van der Waals surface area contributed by atoms with Crippen molar-refractivity contribution >= 4 is 11.6 Å². The minimum absolute atomic E-state index is 0.0297. The number of hydrogen-bond acceptors (Lipinski definition) is 3. The maximum absolute atomic E-state index is 13.5. The zero-order chi connectivity index (χ0) is 23.7. The summed E-state index contributed by atoms with van der Waals surface area (Å²) < 4.78 is 27.0. The molecule has 0 aliphatic carbocycles. The van der Waals surface area contributed by atoms with E-state index in [2.05, 4.69) is 5.10 Å². The number of carbonyl (C=O) groups is 1. The van der Waals surface area contributed by atoms with Gasteiger partial charge >= 0.3 is 0 Å². The lowest BCUT2D eigenvalue weighted by atomic mass is 9.94. The van der Waals surface area contributed by atoms with Crippen molar-refractivity contribution < 1.29 is 18.7 Å². The van der Waals surface area contributed by atoms with Crippen LogP contribution in [0.2, 0.25) is 0 Å². The molecule has 4 aromatic rings. The highest BCUT2D eigenvalue weighted by Crippen LogP contribution is 2.38. The minimum atomic E-state index is -1.83.